The van der Waals surface area contributed by atoms with Crippen molar-refractivity contribution in [3.63, 3.8) is 0 Å². The maximum Gasteiger partial charge on any atom is 0.0578 e. The van der Waals surface area contributed by atoms with E-state index >= 15 is 0 Å². The van der Waals surface area contributed by atoms with E-state index in [0.29, 0.717) is 0 Å². The Labute approximate surface area is 43.2 Å². The van der Waals surface area contributed by atoms with Gasteiger partial charge in [-0.3, -0.25) is 0 Å². The molecule has 0 aromatic heterocycles. The molecule has 0 atom stereocenters. The summed E-state index contributed by atoms with van der Waals surface area (Å²) in [6, 6.07) is 0. The summed E-state index contributed by atoms with van der Waals surface area (Å²) in [5, 5.41) is 0. The molecule has 0 aliphatic rings. The molecule has 0 radical (unpaired) electrons. The fraction of sp³-hybridized carbons (Fsp3) is 1.00. The smallest absolute Gasteiger partial charge is 0.0578 e. The Morgan fingerprint density at radius 3 is 1.50 bits per heavy atom. The zero-order valence-electron chi connectivity index (χ0n) is 4.01. The van der Waals surface area contributed by atoms with Crippen molar-refractivity contribution in [2.75, 3.05) is 13.3 Å². The number of rotatable bonds is 0. The predicted molar refractivity (Wildman–Crippen MR) is 33.4 cm³/mol. The van der Waals surface area contributed by atoms with Gasteiger partial charge in [-0.25, -0.2) is 0 Å². The molecule has 0 amide bonds. The summed E-state index contributed by atoms with van der Waals surface area (Å²) >= 11 is 4.49. The van der Waals surface area contributed by atoms with Crippen LogP contribution in [0, 0.1) is 0 Å². The van der Waals surface area contributed by atoms with E-state index in [0.717, 1.165) is 0 Å². The fourth-order valence-corrected chi connectivity index (χ4v) is 0. The Bertz CT molecular complexity index is 59.7. The van der Waals surface area contributed by atoms with E-state index in [2.05, 4.69) is 11.8 Å². The van der Waals surface area contributed by atoms with Crippen LogP contribution in [0.3, 0.4) is 0 Å². The second kappa shape index (κ2) is 2.69. The van der Waals surface area contributed by atoms with Gasteiger partial charge >= 0.3 is 0 Å². The largest absolute Gasteiger partial charge is 0.366 e. The van der Waals surface area contributed by atoms with Crippen LogP contribution in [0.5, 0.6) is 0 Å². The van der Waals surface area contributed by atoms with Gasteiger partial charge in [0.1, 0.15) is 0 Å². The molecule has 40 valence electrons. The zero-order chi connectivity index (χ0) is 4.50. The molecule has 0 bridgehead atoms. The molecule has 0 aliphatic carbocycles. The Hall–Kier alpha value is 0.570. The first-order valence-electron chi connectivity index (χ1n) is 1.28. The Balaban J connectivity index is 0. The molecule has 0 spiro atoms. The highest BCUT2D eigenvalue weighted by Gasteiger charge is 1.85. The van der Waals surface area contributed by atoms with Crippen LogP contribution < -0.4 is 6.15 Å². The van der Waals surface area contributed by atoms with E-state index in [4.69, 9.17) is 4.89 Å². The van der Waals surface area contributed by atoms with Crippen LogP contribution in [-0.2, 0) is 11.8 Å². The summed E-state index contributed by atoms with van der Waals surface area (Å²) in [6.07, 6.45) is -1.81. The molecular weight excluding hydrogens is 117 g/mol. The lowest BCUT2D eigenvalue weighted by Crippen LogP contribution is -1.62. The highest BCUT2D eigenvalue weighted by molar-refractivity contribution is 8.11. The molecule has 0 saturated heterocycles. The molecule has 4 N–H and O–H groups in total. The highest BCUT2D eigenvalue weighted by atomic mass is 32.4. The normalized spacial score (nSPS) is 9.83. The summed E-state index contributed by atoms with van der Waals surface area (Å²) in [5.41, 5.74) is 0. The van der Waals surface area contributed by atoms with E-state index in [9.17, 15) is 0 Å². The van der Waals surface area contributed by atoms with Crippen molar-refractivity contribution >= 4 is 18.1 Å². The summed E-state index contributed by atoms with van der Waals surface area (Å²) < 4.78 is 0. The average molecular weight is 127 g/mol. The minimum absolute atomic E-state index is 0. The topological polar surface area (TPSA) is 55.2 Å². The first-order valence-corrected chi connectivity index (χ1v) is 4.93. The molecule has 0 aliphatic heterocycles. The number of hydrogen-bond acceptors (Lipinski definition) is 2. The van der Waals surface area contributed by atoms with Gasteiger partial charge in [0.2, 0.25) is 0 Å². The van der Waals surface area contributed by atoms with Crippen LogP contribution in [0.15, 0.2) is 0 Å². The third-order valence-corrected chi connectivity index (χ3v) is 0. The molecule has 6 heavy (non-hydrogen) atoms. The molecule has 0 aromatic carbocycles. The molecular formula is C2H10NOPS. The van der Waals surface area contributed by atoms with Gasteiger partial charge in [-0.1, -0.05) is 11.8 Å². The SMILES string of the molecule is CP(C)(O)=S.N. The van der Waals surface area contributed by atoms with Crippen LogP contribution >= 0.6 is 6.26 Å². The molecule has 2 nitrogen and oxygen atoms in total. The average Bonchev–Trinajstić information content (AvgIpc) is 0.722. The van der Waals surface area contributed by atoms with E-state index in [1.807, 2.05) is 0 Å². The standard InChI is InChI=1S/C2H7OPS.H3N/c1-4(2,3)5;/h1-2H3,(H,3,5);1H3. The fourth-order valence-electron chi connectivity index (χ4n) is 0. The number of hydrogen-bond donors (Lipinski definition) is 2. The van der Waals surface area contributed by atoms with Crippen LogP contribution in [0.1, 0.15) is 0 Å². The quantitative estimate of drug-likeness (QED) is 0.473. The molecule has 4 heteroatoms. The van der Waals surface area contributed by atoms with Crippen molar-refractivity contribution < 1.29 is 4.89 Å². The first-order chi connectivity index (χ1) is 2.00. The first kappa shape index (κ1) is 9.76. The third kappa shape index (κ3) is 179. The van der Waals surface area contributed by atoms with Crippen molar-refractivity contribution in [2.24, 2.45) is 0 Å². The van der Waals surface area contributed by atoms with Crippen molar-refractivity contribution in [1.29, 1.82) is 0 Å². The summed E-state index contributed by atoms with van der Waals surface area (Å²) in [6.45, 7) is 3.34. The van der Waals surface area contributed by atoms with Gasteiger partial charge < -0.3 is 11.0 Å². The van der Waals surface area contributed by atoms with Crippen molar-refractivity contribution in [3.05, 3.63) is 0 Å². The molecule has 0 aromatic rings. The Morgan fingerprint density at radius 1 is 1.50 bits per heavy atom. The van der Waals surface area contributed by atoms with Crippen LogP contribution in [0.2, 0.25) is 0 Å². The van der Waals surface area contributed by atoms with Gasteiger partial charge in [0, 0.05) is 0 Å². The molecule has 0 unspecified atom stereocenters. The summed E-state index contributed by atoms with van der Waals surface area (Å²) in [4.78, 5) is 8.45. The van der Waals surface area contributed by atoms with Crippen molar-refractivity contribution in [1.82, 2.24) is 6.15 Å². The summed E-state index contributed by atoms with van der Waals surface area (Å²) in [5.74, 6) is 0. The molecule has 0 rings (SSSR count). The maximum atomic E-state index is 8.45. The lowest BCUT2D eigenvalue weighted by atomic mass is 11.9. The van der Waals surface area contributed by atoms with E-state index in [1.54, 1.807) is 13.3 Å². The van der Waals surface area contributed by atoms with E-state index in [-0.39, 0.29) is 6.15 Å². The Kier molecular flexibility index (Phi) is 4.38. The van der Waals surface area contributed by atoms with Gasteiger partial charge in [-0.2, -0.15) is 0 Å². The minimum atomic E-state index is -1.81. The second-order valence-electron chi connectivity index (χ2n) is 1.29. The van der Waals surface area contributed by atoms with Crippen LogP contribution in [-0.4, -0.2) is 18.2 Å². The van der Waals surface area contributed by atoms with Crippen LogP contribution in [0.4, 0.5) is 0 Å². The second-order valence-corrected chi connectivity index (χ2v) is 6.56. The van der Waals surface area contributed by atoms with Crippen LogP contribution in [0.25, 0.3) is 0 Å². The van der Waals surface area contributed by atoms with E-state index < -0.39 is 6.26 Å². The monoisotopic (exact) mass is 127 g/mol. The van der Waals surface area contributed by atoms with Crippen molar-refractivity contribution in [2.45, 2.75) is 0 Å². The van der Waals surface area contributed by atoms with Gasteiger partial charge in [0.05, 0.1) is 6.26 Å². The molecule has 0 fully saturated rings. The van der Waals surface area contributed by atoms with Gasteiger partial charge in [0.25, 0.3) is 0 Å². The zero-order valence-corrected chi connectivity index (χ0v) is 5.72. The minimum Gasteiger partial charge on any atom is -0.366 e. The van der Waals surface area contributed by atoms with Gasteiger partial charge in [-0.05, 0) is 13.3 Å². The predicted octanol–water partition coefficient (Wildman–Crippen LogP) is 0.795. The summed E-state index contributed by atoms with van der Waals surface area (Å²) in [7, 11) is 0. The van der Waals surface area contributed by atoms with Gasteiger partial charge in [0.15, 0.2) is 0 Å². The molecule has 0 saturated carbocycles. The van der Waals surface area contributed by atoms with Gasteiger partial charge in [-0.15, -0.1) is 0 Å². The third-order valence-electron chi connectivity index (χ3n) is 0. The molecule has 0 heterocycles. The highest BCUT2D eigenvalue weighted by Crippen LogP contribution is 2.28. The maximum absolute atomic E-state index is 8.45. The van der Waals surface area contributed by atoms with E-state index in [1.165, 1.54) is 0 Å². The van der Waals surface area contributed by atoms with Crippen molar-refractivity contribution in [3.8, 4) is 0 Å². The lowest BCUT2D eigenvalue weighted by Gasteiger charge is -1.91. The Morgan fingerprint density at radius 2 is 1.50 bits per heavy atom. The lowest BCUT2D eigenvalue weighted by molar-refractivity contribution is 0.634.